The van der Waals surface area contributed by atoms with Gasteiger partial charge in [0.15, 0.2) is 11.5 Å². The highest BCUT2D eigenvalue weighted by molar-refractivity contribution is 6.04. The molecule has 0 bridgehead atoms. The van der Waals surface area contributed by atoms with E-state index in [-0.39, 0.29) is 22.7 Å². The number of aromatic nitrogens is 2. The highest BCUT2D eigenvalue weighted by Gasteiger charge is 2.14. The van der Waals surface area contributed by atoms with Gasteiger partial charge >= 0.3 is 6.61 Å². The van der Waals surface area contributed by atoms with Crippen molar-refractivity contribution in [2.24, 2.45) is 0 Å². The van der Waals surface area contributed by atoms with Gasteiger partial charge in [0.2, 0.25) is 0 Å². The minimum Gasteiger partial charge on any atom is -0.493 e. The normalized spacial score (nSPS) is 10.9. The third-order valence-corrected chi connectivity index (χ3v) is 4.97. The van der Waals surface area contributed by atoms with Gasteiger partial charge in [-0.1, -0.05) is 12.1 Å². The molecule has 0 aliphatic heterocycles. The Bertz CT molecular complexity index is 1390. The molecule has 0 unspecified atom stereocenters. The van der Waals surface area contributed by atoms with Crippen LogP contribution in [0.2, 0.25) is 0 Å². The zero-order valence-corrected chi connectivity index (χ0v) is 17.7. The van der Waals surface area contributed by atoms with Crippen LogP contribution >= 0.6 is 0 Å². The van der Waals surface area contributed by atoms with Gasteiger partial charge in [0.1, 0.15) is 5.82 Å². The molecule has 0 spiro atoms. The fourth-order valence-electron chi connectivity index (χ4n) is 3.46. The predicted octanol–water partition coefficient (Wildman–Crippen LogP) is 4.56. The number of nitrogens with zero attached hydrogens (tertiary/aromatic N) is 2. The second-order valence-electron chi connectivity index (χ2n) is 7.06. The zero-order valence-electron chi connectivity index (χ0n) is 17.7. The van der Waals surface area contributed by atoms with E-state index < -0.39 is 12.5 Å². The van der Waals surface area contributed by atoms with Crippen LogP contribution in [0.25, 0.3) is 16.6 Å². The van der Waals surface area contributed by atoms with Crippen LogP contribution in [0.3, 0.4) is 0 Å². The summed E-state index contributed by atoms with van der Waals surface area (Å²) in [5.41, 5.74) is 1.53. The Balaban J connectivity index is 1.59. The number of alkyl halides is 2. The van der Waals surface area contributed by atoms with Gasteiger partial charge in [0.25, 0.3) is 11.5 Å². The summed E-state index contributed by atoms with van der Waals surface area (Å²) in [6.07, 6.45) is 0. The van der Waals surface area contributed by atoms with E-state index in [0.717, 1.165) is 0 Å². The zero-order chi connectivity index (χ0) is 23.5. The summed E-state index contributed by atoms with van der Waals surface area (Å²) in [6.45, 7) is -1.30. The summed E-state index contributed by atoms with van der Waals surface area (Å²) in [7, 11) is 1.32. The number of hydrogen-bond acceptors (Lipinski definition) is 5. The monoisotopic (exact) mass is 451 g/mol. The van der Waals surface area contributed by atoms with Crippen molar-refractivity contribution >= 4 is 22.5 Å². The molecule has 1 amide bonds. The average Bonchev–Trinajstić information content (AvgIpc) is 2.79. The Morgan fingerprint density at radius 3 is 2.45 bits per heavy atom. The quantitative estimate of drug-likeness (QED) is 0.465. The van der Waals surface area contributed by atoms with Crippen LogP contribution in [0, 0.1) is 6.92 Å². The molecular formula is C24H19F2N3O4. The van der Waals surface area contributed by atoms with Gasteiger partial charge in [-0.05, 0) is 55.5 Å². The number of para-hydroxylation sites is 1. The number of hydrogen-bond donors (Lipinski definition) is 1. The largest absolute Gasteiger partial charge is 0.493 e. The summed E-state index contributed by atoms with van der Waals surface area (Å²) in [4.78, 5) is 30.1. The highest BCUT2D eigenvalue weighted by Crippen LogP contribution is 2.31. The van der Waals surface area contributed by atoms with Crippen LogP contribution in [0.15, 0.2) is 71.5 Å². The summed E-state index contributed by atoms with van der Waals surface area (Å²) < 4.78 is 36.1. The molecule has 7 nitrogen and oxygen atoms in total. The molecule has 0 saturated carbocycles. The van der Waals surface area contributed by atoms with Crippen molar-refractivity contribution in [3.8, 4) is 17.2 Å². The molecule has 9 heteroatoms. The number of rotatable bonds is 6. The Hall–Kier alpha value is -4.27. The fourth-order valence-corrected chi connectivity index (χ4v) is 3.46. The maximum Gasteiger partial charge on any atom is 0.387 e. The van der Waals surface area contributed by atoms with Crippen molar-refractivity contribution < 1.29 is 23.0 Å². The molecule has 4 aromatic rings. The summed E-state index contributed by atoms with van der Waals surface area (Å²) >= 11 is 0. The minimum absolute atomic E-state index is 0.113. The van der Waals surface area contributed by atoms with Crippen LogP contribution in [-0.4, -0.2) is 29.2 Å². The van der Waals surface area contributed by atoms with E-state index in [4.69, 9.17) is 4.74 Å². The van der Waals surface area contributed by atoms with Gasteiger partial charge in [-0.25, -0.2) is 4.98 Å². The number of halogens is 2. The molecule has 0 aliphatic carbocycles. The Morgan fingerprint density at radius 1 is 1.03 bits per heavy atom. The van der Waals surface area contributed by atoms with Crippen molar-refractivity contribution in [3.05, 3.63) is 88.5 Å². The number of aryl methyl sites for hydroxylation is 1. The standard InChI is InChI=1S/C24H19F2N3O4/c1-14-27-19-6-4-3-5-18(19)23(31)29(14)17-10-7-15(8-11-17)22(30)28-16-9-12-20(32-2)21(13-16)33-24(25)26/h3-13,24H,1-2H3,(H,28,30). The van der Waals surface area contributed by atoms with E-state index in [9.17, 15) is 18.4 Å². The fraction of sp³-hybridized carbons (Fsp3) is 0.125. The predicted molar refractivity (Wildman–Crippen MR) is 120 cm³/mol. The first-order chi connectivity index (χ1) is 15.9. The second kappa shape index (κ2) is 9.07. The average molecular weight is 451 g/mol. The van der Waals surface area contributed by atoms with E-state index in [2.05, 4.69) is 15.0 Å². The number of ether oxygens (including phenoxy) is 2. The number of benzene rings is 3. The second-order valence-corrected chi connectivity index (χ2v) is 7.06. The lowest BCUT2D eigenvalue weighted by Crippen LogP contribution is -2.22. The number of anilines is 1. The van der Waals surface area contributed by atoms with E-state index in [1.165, 1.54) is 29.9 Å². The molecule has 1 aromatic heterocycles. The van der Waals surface area contributed by atoms with E-state index in [1.807, 2.05) is 6.07 Å². The van der Waals surface area contributed by atoms with Crippen LogP contribution in [-0.2, 0) is 0 Å². The van der Waals surface area contributed by atoms with Crippen molar-refractivity contribution in [2.75, 3.05) is 12.4 Å². The molecule has 0 atom stereocenters. The van der Waals surface area contributed by atoms with E-state index in [0.29, 0.717) is 28.0 Å². The van der Waals surface area contributed by atoms with Crippen molar-refractivity contribution in [1.29, 1.82) is 0 Å². The maximum absolute atomic E-state index is 12.9. The molecule has 3 aromatic carbocycles. The molecule has 4 rings (SSSR count). The van der Waals surface area contributed by atoms with Crippen molar-refractivity contribution in [1.82, 2.24) is 9.55 Å². The van der Waals surface area contributed by atoms with Gasteiger partial charge in [-0.2, -0.15) is 8.78 Å². The molecule has 1 N–H and O–H groups in total. The maximum atomic E-state index is 12.9. The van der Waals surface area contributed by atoms with Crippen LogP contribution in [0.5, 0.6) is 11.5 Å². The summed E-state index contributed by atoms with van der Waals surface area (Å²) in [5.74, 6) is -0.0297. The Labute approximate surface area is 187 Å². The first kappa shape index (κ1) is 21.9. The van der Waals surface area contributed by atoms with Crippen molar-refractivity contribution in [3.63, 3.8) is 0 Å². The van der Waals surface area contributed by atoms with Crippen LogP contribution < -0.4 is 20.3 Å². The smallest absolute Gasteiger partial charge is 0.387 e. The molecule has 33 heavy (non-hydrogen) atoms. The van der Waals surface area contributed by atoms with Gasteiger partial charge < -0.3 is 14.8 Å². The van der Waals surface area contributed by atoms with Gasteiger partial charge in [0.05, 0.1) is 23.7 Å². The third kappa shape index (κ3) is 4.52. The van der Waals surface area contributed by atoms with Crippen LogP contribution in [0.1, 0.15) is 16.2 Å². The number of amides is 1. The minimum atomic E-state index is -3.03. The Kier molecular flexibility index (Phi) is 6.03. The van der Waals surface area contributed by atoms with Gasteiger partial charge in [0, 0.05) is 17.3 Å². The summed E-state index contributed by atoms with van der Waals surface area (Å²) in [5, 5.41) is 3.12. The third-order valence-electron chi connectivity index (χ3n) is 4.97. The number of methoxy groups -OCH3 is 1. The molecule has 0 fully saturated rings. The highest BCUT2D eigenvalue weighted by atomic mass is 19.3. The van der Waals surface area contributed by atoms with Crippen LogP contribution in [0.4, 0.5) is 14.5 Å². The molecule has 168 valence electrons. The Morgan fingerprint density at radius 2 is 1.76 bits per heavy atom. The van der Waals surface area contributed by atoms with Gasteiger partial charge in [-0.15, -0.1) is 0 Å². The molecule has 0 saturated heterocycles. The first-order valence-corrected chi connectivity index (χ1v) is 9.90. The number of fused-ring (bicyclic) bond motifs is 1. The molecule has 0 aliphatic rings. The SMILES string of the molecule is COc1ccc(NC(=O)c2ccc(-n3c(C)nc4ccccc4c3=O)cc2)cc1OC(F)F. The lowest BCUT2D eigenvalue weighted by atomic mass is 10.1. The van der Waals surface area contributed by atoms with Crippen molar-refractivity contribution in [2.45, 2.75) is 13.5 Å². The molecule has 1 heterocycles. The van der Waals surface area contributed by atoms with E-state index >= 15 is 0 Å². The summed E-state index contributed by atoms with van der Waals surface area (Å²) in [6, 6.07) is 17.6. The number of carbonyl (C=O) groups is 1. The van der Waals surface area contributed by atoms with E-state index in [1.54, 1.807) is 49.4 Å². The number of carbonyl (C=O) groups excluding carboxylic acids is 1. The lowest BCUT2D eigenvalue weighted by molar-refractivity contribution is -0.0511. The first-order valence-electron chi connectivity index (χ1n) is 9.90. The number of nitrogens with one attached hydrogen (secondary N) is 1. The topological polar surface area (TPSA) is 82.5 Å². The lowest BCUT2D eigenvalue weighted by Gasteiger charge is -2.13. The molecule has 0 radical (unpaired) electrons. The molecular weight excluding hydrogens is 432 g/mol. The van der Waals surface area contributed by atoms with Gasteiger partial charge in [-0.3, -0.25) is 14.2 Å².